The molecule has 0 fully saturated rings. The zero-order valence-electron chi connectivity index (χ0n) is 5.76. The van der Waals surface area contributed by atoms with Gasteiger partial charge in [0.15, 0.2) is 6.79 Å². The molecule has 0 atom stereocenters. The third-order valence-corrected chi connectivity index (χ3v) is 1.71. The minimum atomic E-state index is 0.311. The molecule has 57 valence electrons. The van der Waals surface area contributed by atoms with E-state index in [9.17, 15) is 0 Å². The van der Waals surface area contributed by atoms with E-state index in [1.54, 1.807) is 6.07 Å². The van der Waals surface area contributed by atoms with Gasteiger partial charge in [0.05, 0.1) is 6.61 Å². The lowest BCUT2D eigenvalue weighted by Crippen LogP contribution is -2.10. The molecular formula is C8H6ClO2. The molecule has 1 aliphatic heterocycles. The summed E-state index contributed by atoms with van der Waals surface area (Å²) in [5.74, 6) is 0.751. The standard InChI is InChI=1S/C8H6ClO2/c9-7-1-2-8-6(3-7)4-10-5-11-8/h1,3H,4-5H2. The van der Waals surface area contributed by atoms with E-state index in [2.05, 4.69) is 6.07 Å². The van der Waals surface area contributed by atoms with Gasteiger partial charge in [-0.05, 0) is 12.1 Å². The quantitative estimate of drug-likeness (QED) is 0.592. The van der Waals surface area contributed by atoms with Crippen LogP contribution in [0.4, 0.5) is 0 Å². The van der Waals surface area contributed by atoms with Crippen LogP contribution in [-0.4, -0.2) is 6.79 Å². The number of ether oxygens (including phenoxy) is 2. The fraction of sp³-hybridized carbons (Fsp3) is 0.250. The van der Waals surface area contributed by atoms with Gasteiger partial charge in [0.2, 0.25) is 0 Å². The Morgan fingerprint density at radius 3 is 3.36 bits per heavy atom. The molecule has 3 heteroatoms. The second-order valence-corrected chi connectivity index (χ2v) is 2.72. The molecule has 0 bridgehead atoms. The van der Waals surface area contributed by atoms with Crippen LogP contribution in [0.5, 0.6) is 5.75 Å². The molecule has 2 rings (SSSR count). The Kier molecular flexibility index (Phi) is 1.72. The van der Waals surface area contributed by atoms with Crippen molar-refractivity contribution in [3.8, 4) is 5.75 Å². The third kappa shape index (κ3) is 1.32. The molecule has 0 saturated heterocycles. The number of fused-ring (bicyclic) bond motifs is 1. The van der Waals surface area contributed by atoms with Gasteiger partial charge >= 0.3 is 0 Å². The van der Waals surface area contributed by atoms with Gasteiger partial charge in [-0.15, -0.1) is 0 Å². The van der Waals surface area contributed by atoms with Crippen LogP contribution in [0.2, 0.25) is 5.02 Å². The molecule has 0 aliphatic carbocycles. The highest BCUT2D eigenvalue weighted by Gasteiger charge is 2.09. The number of rotatable bonds is 0. The molecule has 2 nitrogen and oxygen atoms in total. The first-order chi connectivity index (χ1) is 5.36. The second kappa shape index (κ2) is 2.72. The molecule has 0 unspecified atom stereocenters. The number of halogens is 1. The van der Waals surface area contributed by atoms with Crippen molar-refractivity contribution in [1.82, 2.24) is 0 Å². The van der Waals surface area contributed by atoms with E-state index in [1.165, 1.54) is 0 Å². The summed E-state index contributed by atoms with van der Waals surface area (Å²) < 4.78 is 10.2. The summed E-state index contributed by atoms with van der Waals surface area (Å²) in [6.45, 7) is 0.873. The van der Waals surface area contributed by atoms with E-state index in [1.807, 2.05) is 6.07 Å². The maximum atomic E-state index is 5.73. The first-order valence-corrected chi connectivity index (χ1v) is 3.65. The van der Waals surface area contributed by atoms with Gasteiger partial charge in [0.1, 0.15) is 5.75 Å². The van der Waals surface area contributed by atoms with Crippen LogP contribution in [0.3, 0.4) is 0 Å². The minimum Gasteiger partial charge on any atom is -0.467 e. The summed E-state index contributed by atoms with van der Waals surface area (Å²) >= 11 is 5.73. The minimum absolute atomic E-state index is 0.311. The zero-order valence-corrected chi connectivity index (χ0v) is 6.52. The van der Waals surface area contributed by atoms with Crippen LogP contribution in [0, 0.1) is 6.07 Å². The van der Waals surface area contributed by atoms with Crippen molar-refractivity contribution in [2.24, 2.45) is 0 Å². The predicted octanol–water partition coefficient (Wildman–Crippen LogP) is 2.01. The van der Waals surface area contributed by atoms with E-state index >= 15 is 0 Å². The summed E-state index contributed by atoms with van der Waals surface area (Å²) in [5, 5.41) is 0.665. The molecule has 0 N–H and O–H groups in total. The summed E-state index contributed by atoms with van der Waals surface area (Å²) in [7, 11) is 0. The zero-order chi connectivity index (χ0) is 7.68. The lowest BCUT2D eigenvalue weighted by molar-refractivity contribution is -0.0165. The van der Waals surface area contributed by atoms with Gasteiger partial charge in [-0.1, -0.05) is 11.6 Å². The molecule has 1 heterocycles. The average Bonchev–Trinajstić information content (AvgIpc) is 2.04. The van der Waals surface area contributed by atoms with Crippen LogP contribution in [0.15, 0.2) is 12.1 Å². The molecule has 1 radical (unpaired) electrons. The van der Waals surface area contributed by atoms with Crippen LogP contribution in [0.1, 0.15) is 5.56 Å². The van der Waals surface area contributed by atoms with Crippen molar-refractivity contribution >= 4 is 11.6 Å². The van der Waals surface area contributed by atoms with E-state index < -0.39 is 0 Å². The molecule has 1 aliphatic rings. The highest BCUT2D eigenvalue weighted by atomic mass is 35.5. The van der Waals surface area contributed by atoms with Gasteiger partial charge in [0.25, 0.3) is 0 Å². The third-order valence-electron chi connectivity index (χ3n) is 1.49. The topological polar surface area (TPSA) is 18.5 Å². The van der Waals surface area contributed by atoms with Crippen LogP contribution in [0.25, 0.3) is 0 Å². The largest absolute Gasteiger partial charge is 0.467 e. The Morgan fingerprint density at radius 2 is 2.45 bits per heavy atom. The molecule has 1 aromatic carbocycles. The van der Waals surface area contributed by atoms with Gasteiger partial charge < -0.3 is 9.47 Å². The Labute approximate surface area is 69.7 Å². The maximum Gasteiger partial charge on any atom is 0.189 e. The molecule has 0 aromatic heterocycles. The van der Waals surface area contributed by atoms with E-state index in [-0.39, 0.29) is 0 Å². The highest BCUT2D eigenvalue weighted by molar-refractivity contribution is 6.30. The van der Waals surface area contributed by atoms with Gasteiger partial charge in [-0.2, -0.15) is 0 Å². The van der Waals surface area contributed by atoms with Crippen molar-refractivity contribution in [2.45, 2.75) is 6.61 Å². The van der Waals surface area contributed by atoms with Crippen molar-refractivity contribution in [3.05, 3.63) is 28.8 Å². The first kappa shape index (κ1) is 6.95. The summed E-state index contributed by atoms with van der Waals surface area (Å²) in [6, 6.07) is 6.44. The van der Waals surface area contributed by atoms with E-state index in [0.717, 1.165) is 11.3 Å². The molecular weight excluding hydrogens is 164 g/mol. The fourth-order valence-electron chi connectivity index (χ4n) is 0.995. The summed E-state index contributed by atoms with van der Waals surface area (Å²) in [6.07, 6.45) is 0. The van der Waals surface area contributed by atoms with E-state index in [0.29, 0.717) is 18.4 Å². The maximum absolute atomic E-state index is 5.73. The van der Waals surface area contributed by atoms with Gasteiger partial charge in [0, 0.05) is 16.7 Å². The Hall–Kier alpha value is -0.730. The van der Waals surface area contributed by atoms with Crippen LogP contribution >= 0.6 is 11.6 Å². The Bertz CT molecular complexity index is 273. The second-order valence-electron chi connectivity index (χ2n) is 2.28. The lowest BCUT2D eigenvalue weighted by Gasteiger charge is -2.16. The number of hydrogen-bond acceptors (Lipinski definition) is 2. The first-order valence-electron chi connectivity index (χ1n) is 3.27. The molecule has 1 aromatic rings. The fourth-order valence-corrected chi connectivity index (χ4v) is 1.18. The monoisotopic (exact) mass is 169 g/mol. The summed E-state index contributed by atoms with van der Waals surface area (Å²) in [4.78, 5) is 0. The van der Waals surface area contributed by atoms with Crippen molar-refractivity contribution in [3.63, 3.8) is 0 Å². The molecule has 11 heavy (non-hydrogen) atoms. The smallest absolute Gasteiger partial charge is 0.189 e. The molecule has 0 amide bonds. The van der Waals surface area contributed by atoms with Gasteiger partial charge in [-0.3, -0.25) is 0 Å². The predicted molar refractivity (Wildman–Crippen MR) is 40.6 cm³/mol. The summed E-state index contributed by atoms with van der Waals surface area (Å²) in [5.41, 5.74) is 0.962. The number of hydrogen-bond donors (Lipinski definition) is 0. The Balaban J connectivity index is 2.43. The van der Waals surface area contributed by atoms with Crippen molar-refractivity contribution in [1.29, 1.82) is 0 Å². The van der Waals surface area contributed by atoms with Gasteiger partial charge in [-0.25, -0.2) is 0 Å². The highest BCUT2D eigenvalue weighted by Crippen LogP contribution is 2.25. The van der Waals surface area contributed by atoms with Crippen LogP contribution in [-0.2, 0) is 11.3 Å². The average molecular weight is 170 g/mol. The normalized spacial score (nSPS) is 15.4. The van der Waals surface area contributed by atoms with E-state index in [4.69, 9.17) is 21.1 Å². The Morgan fingerprint density at radius 1 is 1.55 bits per heavy atom. The SMILES string of the molecule is Clc1c[c]c2c(c1)COCO2. The van der Waals surface area contributed by atoms with Crippen LogP contribution < -0.4 is 4.74 Å². The molecule has 0 spiro atoms. The molecule has 0 saturated carbocycles. The number of benzene rings is 1. The van der Waals surface area contributed by atoms with Crippen molar-refractivity contribution < 1.29 is 9.47 Å². The lowest BCUT2D eigenvalue weighted by atomic mass is 10.2. The van der Waals surface area contributed by atoms with Crippen molar-refractivity contribution in [2.75, 3.05) is 6.79 Å².